The Bertz CT molecular complexity index is 608. The van der Waals surface area contributed by atoms with Crippen LogP contribution in [0.25, 0.3) is 0 Å². The average Bonchev–Trinajstić information content (AvgIpc) is 2.50. The van der Waals surface area contributed by atoms with E-state index in [1.807, 2.05) is 0 Å². The number of hydrogen-bond acceptors (Lipinski definition) is 5. The summed E-state index contributed by atoms with van der Waals surface area (Å²) in [6, 6.07) is 2.97. The van der Waals surface area contributed by atoms with E-state index in [0.717, 1.165) is 17.0 Å². The predicted octanol–water partition coefficient (Wildman–Crippen LogP) is 1.15. The molecule has 0 aliphatic carbocycles. The molecule has 0 aliphatic heterocycles. The molecular weight excluding hydrogens is 310 g/mol. The maximum absolute atomic E-state index is 13.4. The van der Waals surface area contributed by atoms with E-state index in [2.05, 4.69) is 10.1 Å². The van der Waals surface area contributed by atoms with Crippen molar-refractivity contribution in [3.63, 3.8) is 0 Å². The van der Waals surface area contributed by atoms with Gasteiger partial charge < -0.3 is 20.7 Å². The molecule has 1 aromatic rings. The van der Waals surface area contributed by atoms with Crippen LogP contribution in [0.2, 0.25) is 0 Å². The first-order chi connectivity index (χ1) is 10.9. The molecule has 9 heteroatoms. The van der Waals surface area contributed by atoms with Gasteiger partial charge in [0.05, 0.1) is 12.7 Å². The number of carbonyl (C=O) groups is 2. The van der Waals surface area contributed by atoms with Crippen LogP contribution in [0.15, 0.2) is 12.1 Å². The fraction of sp³-hybridized carbons (Fsp3) is 0.357. The number of nitrogens with zero attached hydrogens (tertiary/aromatic N) is 2. The van der Waals surface area contributed by atoms with E-state index in [9.17, 15) is 18.4 Å². The van der Waals surface area contributed by atoms with Gasteiger partial charge in [-0.15, -0.1) is 0 Å². The van der Waals surface area contributed by atoms with Crippen molar-refractivity contribution in [1.82, 2.24) is 10.2 Å². The summed E-state index contributed by atoms with van der Waals surface area (Å²) in [6.07, 6.45) is 0. The van der Waals surface area contributed by atoms with Gasteiger partial charge in [0.15, 0.2) is 0 Å². The predicted molar refractivity (Wildman–Crippen MR) is 76.8 cm³/mol. The van der Waals surface area contributed by atoms with Gasteiger partial charge in [0.1, 0.15) is 30.4 Å². The summed E-state index contributed by atoms with van der Waals surface area (Å²) >= 11 is 0. The number of anilines is 1. The molecule has 0 spiro atoms. The molecule has 1 rings (SSSR count). The number of nitrogens with one attached hydrogen (secondary N) is 1. The van der Waals surface area contributed by atoms with Crippen LogP contribution < -0.4 is 11.1 Å². The maximum Gasteiger partial charge on any atom is 0.325 e. The highest BCUT2D eigenvalue weighted by molar-refractivity contribution is 5.81. The van der Waals surface area contributed by atoms with E-state index < -0.39 is 29.3 Å². The Morgan fingerprint density at radius 1 is 1.39 bits per heavy atom. The molecule has 0 fully saturated rings. The zero-order chi connectivity index (χ0) is 17.4. The van der Waals surface area contributed by atoms with E-state index in [4.69, 9.17) is 11.0 Å². The van der Waals surface area contributed by atoms with Crippen molar-refractivity contribution in [1.29, 1.82) is 5.26 Å². The van der Waals surface area contributed by atoms with Crippen molar-refractivity contribution in [2.24, 2.45) is 0 Å². The van der Waals surface area contributed by atoms with Crippen LogP contribution in [0.4, 0.5) is 19.3 Å². The molecule has 2 amide bonds. The fourth-order valence-corrected chi connectivity index (χ4v) is 1.70. The molecule has 0 bridgehead atoms. The third-order valence-electron chi connectivity index (χ3n) is 2.75. The van der Waals surface area contributed by atoms with Crippen LogP contribution in [0, 0.1) is 23.0 Å². The lowest BCUT2D eigenvalue weighted by Gasteiger charge is -2.20. The Morgan fingerprint density at radius 2 is 2.00 bits per heavy atom. The standard InChI is InChI=1S/C14H16F2N4O3/c1-2-23-12(21)7-19-14(22)20(4-3-17)8-9-5-10(15)13(18)11(16)6-9/h5-6H,2,4,7-8,18H2,1H3,(H,19,22). The molecule has 3 N–H and O–H groups in total. The molecule has 0 aliphatic rings. The molecule has 0 heterocycles. The van der Waals surface area contributed by atoms with Gasteiger partial charge in [-0.05, 0) is 24.6 Å². The van der Waals surface area contributed by atoms with Crippen LogP contribution in [-0.2, 0) is 16.1 Å². The number of ether oxygens (including phenoxy) is 1. The number of rotatable bonds is 6. The highest BCUT2D eigenvalue weighted by atomic mass is 19.1. The number of carbonyl (C=O) groups excluding carboxylic acids is 2. The fourth-order valence-electron chi connectivity index (χ4n) is 1.70. The molecule has 23 heavy (non-hydrogen) atoms. The van der Waals surface area contributed by atoms with Gasteiger partial charge in [0.25, 0.3) is 0 Å². The van der Waals surface area contributed by atoms with Crippen molar-refractivity contribution in [2.45, 2.75) is 13.5 Å². The SMILES string of the molecule is CCOC(=O)CNC(=O)N(CC#N)Cc1cc(F)c(N)c(F)c1. The zero-order valence-corrected chi connectivity index (χ0v) is 12.4. The number of hydrogen-bond donors (Lipinski definition) is 2. The van der Waals surface area contributed by atoms with Crippen LogP contribution in [0.5, 0.6) is 0 Å². The maximum atomic E-state index is 13.4. The minimum atomic E-state index is -0.955. The summed E-state index contributed by atoms with van der Waals surface area (Å²) < 4.78 is 31.5. The lowest BCUT2D eigenvalue weighted by atomic mass is 10.1. The quantitative estimate of drug-likeness (QED) is 0.463. The molecule has 0 saturated carbocycles. The topological polar surface area (TPSA) is 108 Å². The second kappa shape index (κ2) is 8.53. The number of nitrogen functional groups attached to an aromatic ring is 1. The monoisotopic (exact) mass is 326 g/mol. The first kappa shape index (κ1) is 18.2. The number of amides is 2. The first-order valence-corrected chi connectivity index (χ1v) is 6.67. The van der Waals surface area contributed by atoms with Crippen LogP contribution in [0.3, 0.4) is 0 Å². The van der Waals surface area contributed by atoms with E-state index in [1.54, 1.807) is 13.0 Å². The lowest BCUT2D eigenvalue weighted by Crippen LogP contribution is -2.42. The largest absolute Gasteiger partial charge is 0.465 e. The normalized spacial score (nSPS) is 9.83. The van der Waals surface area contributed by atoms with Crippen molar-refractivity contribution in [2.75, 3.05) is 25.4 Å². The highest BCUT2D eigenvalue weighted by Crippen LogP contribution is 2.18. The van der Waals surface area contributed by atoms with Crippen molar-refractivity contribution < 1.29 is 23.1 Å². The summed E-state index contributed by atoms with van der Waals surface area (Å²) in [5, 5.41) is 11.0. The van der Waals surface area contributed by atoms with Crippen molar-refractivity contribution in [3.05, 3.63) is 29.3 Å². The third-order valence-corrected chi connectivity index (χ3v) is 2.75. The Hall–Kier alpha value is -2.89. The van der Waals surface area contributed by atoms with Crippen LogP contribution in [-0.4, -0.2) is 36.6 Å². The molecule has 7 nitrogen and oxygen atoms in total. The molecule has 0 unspecified atom stereocenters. The Morgan fingerprint density at radius 3 is 2.52 bits per heavy atom. The van der Waals surface area contributed by atoms with Crippen LogP contribution >= 0.6 is 0 Å². The van der Waals surface area contributed by atoms with Gasteiger partial charge >= 0.3 is 12.0 Å². The molecule has 1 aromatic carbocycles. The second-order valence-corrected chi connectivity index (χ2v) is 4.45. The van der Waals surface area contributed by atoms with Crippen molar-refractivity contribution >= 4 is 17.7 Å². The summed E-state index contributed by atoms with van der Waals surface area (Å²) in [7, 11) is 0. The summed E-state index contributed by atoms with van der Waals surface area (Å²) in [5.74, 6) is -2.55. The molecular formula is C14H16F2N4O3. The van der Waals surface area contributed by atoms with E-state index >= 15 is 0 Å². The number of urea groups is 1. The van der Waals surface area contributed by atoms with Gasteiger partial charge in [0.2, 0.25) is 0 Å². The minimum Gasteiger partial charge on any atom is -0.465 e. The van der Waals surface area contributed by atoms with Gasteiger partial charge in [-0.25, -0.2) is 13.6 Å². The Balaban J connectivity index is 2.77. The molecule has 0 atom stereocenters. The molecule has 124 valence electrons. The molecule has 0 saturated heterocycles. The van der Waals surface area contributed by atoms with Gasteiger partial charge in [-0.1, -0.05) is 0 Å². The summed E-state index contributed by atoms with van der Waals surface area (Å²) in [4.78, 5) is 24.1. The smallest absolute Gasteiger partial charge is 0.325 e. The zero-order valence-electron chi connectivity index (χ0n) is 12.4. The third kappa shape index (κ3) is 5.43. The first-order valence-electron chi connectivity index (χ1n) is 6.67. The Labute approximate surface area is 131 Å². The number of benzene rings is 1. The summed E-state index contributed by atoms with van der Waals surface area (Å²) in [6.45, 7) is 0.851. The number of nitriles is 1. The number of halogens is 2. The van der Waals surface area contributed by atoms with E-state index in [-0.39, 0.29) is 31.8 Å². The van der Waals surface area contributed by atoms with E-state index in [1.165, 1.54) is 0 Å². The molecule has 0 radical (unpaired) electrons. The molecule has 0 aromatic heterocycles. The number of esters is 1. The van der Waals surface area contributed by atoms with Gasteiger partial charge in [-0.3, -0.25) is 4.79 Å². The highest BCUT2D eigenvalue weighted by Gasteiger charge is 2.17. The van der Waals surface area contributed by atoms with Gasteiger partial charge in [0, 0.05) is 6.54 Å². The van der Waals surface area contributed by atoms with Crippen molar-refractivity contribution in [3.8, 4) is 6.07 Å². The second-order valence-electron chi connectivity index (χ2n) is 4.45. The lowest BCUT2D eigenvalue weighted by molar-refractivity contribution is -0.141. The summed E-state index contributed by atoms with van der Waals surface area (Å²) in [5.41, 5.74) is 4.67. The van der Waals surface area contributed by atoms with E-state index in [0.29, 0.717) is 0 Å². The number of nitrogens with two attached hydrogens (primary N) is 1. The average molecular weight is 326 g/mol. The van der Waals surface area contributed by atoms with Crippen LogP contribution in [0.1, 0.15) is 12.5 Å². The van der Waals surface area contributed by atoms with Gasteiger partial charge in [-0.2, -0.15) is 5.26 Å². The Kier molecular flexibility index (Phi) is 6.73. The minimum absolute atomic E-state index is 0.121.